The van der Waals surface area contributed by atoms with E-state index in [1.807, 2.05) is 58.5 Å². The van der Waals surface area contributed by atoms with Crippen molar-refractivity contribution >= 4 is 39.8 Å². The first-order chi connectivity index (χ1) is 20.8. The number of ether oxygens (including phenoxy) is 1. The molecule has 0 unspecified atom stereocenters. The quantitative estimate of drug-likeness (QED) is 0.123. The van der Waals surface area contributed by atoms with Gasteiger partial charge in [0.25, 0.3) is 0 Å². The molecule has 0 radical (unpaired) electrons. The third-order valence-corrected chi connectivity index (χ3v) is 7.83. The molecule has 0 bridgehead atoms. The molecular formula is C34H43N7O2. The zero-order valence-corrected chi connectivity index (χ0v) is 25.8. The van der Waals surface area contributed by atoms with Gasteiger partial charge in [-0.05, 0) is 57.1 Å². The summed E-state index contributed by atoms with van der Waals surface area (Å²) in [5.41, 5.74) is 5.18. The Bertz CT molecular complexity index is 1570. The van der Waals surface area contributed by atoms with Crippen molar-refractivity contribution in [1.29, 1.82) is 0 Å². The van der Waals surface area contributed by atoms with E-state index in [-0.39, 0.29) is 5.91 Å². The van der Waals surface area contributed by atoms with Crippen molar-refractivity contribution in [2.45, 2.75) is 32.1 Å². The molecule has 43 heavy (non-hydrogen) atoms. The fraction of sp³-hybridized carbons (Fsp3) is 0.382. The summed E-state index contributed by atoms with van der Waals surface area (Å²) in [6, 6.07) is 14.1. The molecule has 5 rings (SSSR count). The number of amides is 1. The number of rotatable bonds is 15. The standard InChI is InChI=1S/C34H43N7O2/c1-6-32(42)37-29-21-25(22-31(33(29)40(4)19-18-39(2)3)43-20-10-9-11-24-14-15-24)36-34-35-17-16-28(38-34)27-23-41(5)30-13-8-7-12-26(27)30/h6-8,12-13,16-17,21-24H,1,9-11,14-15,18-20H2,2-5H3,(H,37,42)(H,35,36,38). The van der Waals surface area contributed by atoms with Crippen molar-refractivity contribution in [2.75, 3.05) is 56.4 Å². The molecule has 1 fully saturated rings. The van der Waals surface area contributed by atoms with Crippen molar-refractivity contribution in [3.8, 4) is 17.0 Å². The molecule has 2 heterocycles. The van der Waals surface area contributed by atoms with Crippen LogP contribution in [-0.4, -0.2) is 66.2 Å². The number of nitrogens with zero attached hydrogens (tertiary/aromatic N) is 5. The van der Waals surface area contributed by atoms with Crippen molar-refractivity contribution in [3.63, 3.8) is 0 Å². The van der Waals surface area contributed by atoms with E-state index in [1.165, 1.54) is 25.3 Å². The second kappa shape index (κ2) is 13.7. The van der Waals surface area contributed by atoms with Crippen LogP contribution in [0.2, 0.25) is 0 Å². The lowest BCUT2D eigenvalue weighted by molar-refractivity contribution is -0.111. The van der Waals surface area contributed by atoms with Crippen LogP contribution in [0.1, 0.15) is 32.1 Å². The lowest BCUT2D eigenvalue weighted by atomic mass is 10.1. The van der Waals surface area contributed by atoms with E-state index in [0.717, 1.165) is 59.7 Å². The second-order valence-corrected chi connectivity index (χ2v) is 11.6. The maximum absolute atomic E-state index is 12.5. The maximum Gasteiger partial charge on any atom is 0.247 e. The summed E-state index contributed by atoms with van der Waals surface area (Å²) >= 11 is 0. The molecule has 226 valence electrons. The smallest absolute Gasteiger partial charge is 0.247 e. The minimum atomic E-state index is -0.288. The van der Waals surface area contributed by atoms with Crippen LogP contribution in [0.3, 0.4) is 0 Å². The van der Waals surface area contributed by atoms with E-state index in [9.17, 15) is 4.79 Å². The molecule has 9 heteroatoms. The van der Waals surface area contributed by atoms with Gasteiger partial charge in [0.05, 0.1) is 18.0 Å². The highest BCUT2D eigenvalue weighted by molar-refractivity contribution is 6.02. The van der Waals surface area contributed by atoms with Gasteiger partial charge in [-0.3, -0.25) is 4.79 Å². The van der Waals surface area contributed by atoms with E-state index in [4.69, 9.17) is 9.72 Å². The number of benzene rings is 2. The number of para-hydroxylation sites is 1. The molecule has 2 aromatic carbocycles. The zero-order chi connectivity index (χ0) is 30.3. The molecule has 1 saturated carbocycles. The third-order valence-electron chi connectivity index (χ3n) is 7.83. The molecule has 0 aliphatic heterocycles. The Morgan fingerprint density at radius 3 is 2.72 bits per heavy atom. The largest absolute Gasteiger partial charge is 0.491 e. The van der Waals surface area contributed by atoms with Crippen LogP contribution in [0.5, 0.6) is 5.75 Å². The number of hydrogen-bond acceptors (Lipinski definition) is 7. The molecule has 1 amide bonds. The Labute approximate surface area is 254 Å². The van der Waals surface area contributed by atoms with Gasteiger partial charge >= 0.3 is 0 Å². The number of aryl methyl sites for hydroxylation is 1. The van der Waals surface area contributed by atoms with Crippen LogP contribution in [0, 0.1) is 5.92 Å². The topological polar surface area (TPSA) is 87.5 Å². The van der Waals surface area contributed by atoms with Crippen molar-refractivity contribution in [1.82, 2.24) is 19.4 Å². The lowest BCUT2D eigenvalue weighted by Gasteiger charge is -2.27. The molecule has 1 aliphatic carbocycles. The summed E-state index contributed by atoms with van der Waals surface area (Å²) in [4.78, 5) is 26.2. The number of aromatic nitrogens is 3. The van der Waals surface area contributed by atoms with Gasteiger partial charge in [-0.1, -0.05) is 44.0 Å². The Kier molecular flexibility index (Phi) is 9.61. The van der Waals surface area contributed by atoms with Crippen molar-refractivity contribution in [2.24, 2.45) is 13.0 Å². The van der Waals surface area contributed by atoms with Crippen molar-refractivity contribution < 1.29 is 9.53 Å². The van der Waals surface area contributed by atoms with Gasteiger partial charge in [0.1, 0.15) is 11.4 Å². The molecule has 0 atom stereocenters. The van der Waals surface area contributed by atoms with Crippen LogP contribution in [0.15, 0.2) is 67.5 Å². The summed E-state index contributed by atoms with van der Waals surface area (Å²) in [6.07, 6.45) is 11.3. The van der Waals surface area contributed by atoms with Crippen LogP contribution >= 0.6 is 0 Å². The molecule has 9 nitrogen and oxygen atoms in total. The van der Waals surface area contributed by atoms with Crippen LogP contribution < -0.4 is 20.3 Å². The number of anilines is 4. The molecule has 4 aromatic rings. The zero-order valence-electron chi connectivity index (χ0n) is 25.8. The summed E-state index contributed by atoms with van der Waals surface area (Å²) in [5.74, 6) is 1.77. The highest BCUT2D eigenvalue weighted by Crippen LogP contribution is 2.40. The minimum Gasteiger partial charge on any atom is -0.491 e. The summed E-state index contributed by atoms with van der Waals surface area (Å²) in [5, 5.41) is 7.50. The van der Waals surface area contributed by atoms with Gasteiger partial charge in [-0.25, -0.2) is 9.97 Å². The fourth-order valence-electron chi connectivity index (χ4n) is 5.29. The number of nitrogens with one attached hydrogen (secondary N) is 2. The highest BCUT2D eigenvalue weighted by atomic mass is 16.5. The average Bonchev–Trinajstić information content (AvgIpc) is 3.76. The predicted molar refractivity (Wildman–Crippen MR) is 176 cm³/mol. The van der Waals surface area contributed by atoms with Gasteiger partial charge in [-0.15, -0.1) is 0 Å². The molecule has 1 aliphatic rings. The molecule has 2 N–H and O–H groups in total. The number of unbranched alkanes of at least 4 members (excludes halogenated alkanes) is 1. The van der Waals surface area contributed by atoms with Crippen LogP contribution in [0.25, 0.3) is 22.2 Å². The predicted octanol–water partition coefficient (Wildman–Crippen LogP) is 6.46. The van der Waals surface area contributed by atoms with Gasteiger partial charge in [0.15, 0.2) is 0 Å². The maximum atomic E-state index is 12.5. The number of carbonyl (C=O) groups is 1. The van der Waals surface area contributed by atoms with E-state index >= 15 is 0 Å². The fourth-order valence-corrected chi connectivity index (χ4v) is 5.29. The number of carbonyl (C=O) groups excluding carboxylic acids is 1. The average molecular weight is 582 g/mol. The Morgan fingerprint density at radius 2 is 1.95 bits per heavy atom. The van der Waals surface area contributed by atoms with Crippen molar-refractivity contribution in [3.05, 3.63) is 67.5 Å². The van der Waals surface area contributed by atoms with Crippen LogP contribution in [-0.2, 0) is 11.8 Å². The molecule has 0 spiro atoms. The first-order valence-corrected chi connectivity index (χ1v) is 15.1. The van der Waals surface area contributed by atoms with Gasteiger partial charge in [-0.2, -0.15) is 0 Å². The first kappa shape index (κ1) is 30.1. The highest BCUT2D eigenvalue weighted by Gasteiger charge is 2.21. The summed E-state index contributed by atoms with van der Waals surface area (Å²) in [7, 11) is 8.15. The molecular weight excluding hydrogens is 538 g/mol. The van der Waals surface area contributed by atoms with Gasteiger partial charge in [0, 0.05) is 67.8 Å². The monoisotopic (exact) mass is 581 g/mol. The lowest BCUT2D eigenvalue weighted by Crippen LogP contribution is -2.29. The van der Waals surface area contributed by atoms with E-state index in [1.54, 1.807) is 6.20 Å². The number of hydrogen-bond donors (Lipinski definition) is 2. The molecule has 0 saturated heterocycles. The minimum absolute atomic E-state index is 0.288. The Balaban J connectivity index is 1.46. The normalized spacial score (nSPS) is 12.9. The van der Waals surface area contributed by atoms with E-state index in [0.29, 0.717) is 29.7 Å². The number of likely N-dealkylation sites (N-methyl/N-ethyl adjacent to an activating group) is 2. The Hall–Kier alpha value is -4.37. The second-order valence-electron chi connectivity index (χ2n) is 11.6. The summed E-state index contributed by atoms with van der Waals surface area (Å²) < 4.78 is 8.53. The first-order valence-electron chi connectivity index (χ1n) is 15.1. The van der Waals surface area contributed by atoms with E-state index in [2.05, 4.69) is 54.9 Å². The van der Waals surface area contributed by atoms with Gasteiger partial charge in [0.2, 0.25) is 11.9 Å². The Morgan fingerprint density at radius 1 is 1.14 bits per heavy atom. The van der Waals surface area contributed by atoms with Gasteiger partial charge < -0.3 is 29.7 Å². The summed E-state index contributed by atoms with van der Waals surface area (Å²) in [6.45, 7) is 5.86. The van der Waals surface area contributed by atoms with Crippen LogP contribution in [0.4, 0.5) is 23.0 Å². The SMILES string of the molecule is C=CC(=O)Nc1cc(Nc2nccc(-c3cn(C)c4ccccc34)n2)cc(OCCCCC2CC2)c1N(C)CCN(C)C. The third kappa shape index (κ3) is 7.73. The number of fused-ring (bicyclic) bond motifs is 1. The van der Waals surface area contributed by atoms with E-state index < -0.39 is 0 Å². The molecule has 2 aromatic heterocycles.